The molecule has 0 aliphatic carbocycles. The monoisotopic (exact) mass is 385 g/mol. The van der Waals surface area contributed by atoms with Crippen molar-refractivity contribution in [3.05, 3.63) is 54.1 Å². The van der Waals surface area contributed by atoms with Gasteiger partial charge in [0.2, 0.25) is 11.0 Å². The van der Waals surface area contributed by atoms with Crippen LogP contribution in [0, 0.1) is 6.92 Å². The zero-order valence-electron chi connectivity index (χ0n) is 14.7. The van der Waals surface area contributed by atoms with Crippen LogP contribution in [0.25, 0.3) is 10.6 Å². The summed E-state index contributed by atoms with van der Waals surface area (Å²) >= 11 is 2.87. The van der Waals surface area contributed by atoms with Crippen molar-refractivity contribution in [2.75, 3.05) is 12.4 Å². The second-order valence-electron chi connectivity index (χ2n) is 5.70. The number of nitrogens with zero attached hydrogens (tertiary/aromatic N) is 2. The lowest BCUT2D eigenvalue weighted by Crippen LogP contribution is -2.22. The van der Waals surface area contributed by atoms with Gasteiger partial charge in [0.1, 0.15) is 10.8 Å². The molecule has 0 radical (unpaired) electrons. The Morgan fingerprint density at radius 3 is 2.46 bits per heavy atom. The molecule has 5 nitrogen and oxygen atoms in total. The first-order valence-corrected chi connectivity index (χ1v) is 9.77. The molecular formula is C19H19N3O2S2. The Morgan fingerprint density at radius 2 is 1.81 bits per heavy atom. The van der Waals surface area contributed by atoms with Crippen LogP contribution >= 0.6 is 23.1 Å². The van der Waals surface area contributed by atoms with E-state index in [0.29, 0.717) is 5.13 Å². The first kappa shape index (κ1) is 18.4. The van der Waals surface area contributed by atoms with Crippen molar-refractivity contribution in [3.63, 3.8) is 0 Å². The van der Waals surface area contributed by atoms with Crippen LogP contribution in [-0.2, 0) is 4.79 Å². The summed E-state index contributed by atoms with van der Waals surface area (Å²) in [4.78, 5) is 13.5. The average Bonchev–Trinajstić information content (AvgIpc) is 3.12. The average molecular weight is 386 g/mol. The maximum atomic E-state index is 12.4. The minimum Gasteiger partial charge on any atom is -0.497 e. The standard InChI is InChI=1S/C19H19N3O2S2/c1-12-4-10-16(11-5-12)25-13(2)17(23)20-19-22-21-18(26-19)14-6-8-15(24-3)9-7-14/h4-11,13H,1-3H3,(H,20,22,23)/t13-/m0/s1. The normalized spacial score (nSPS) is 11.8. The van der Waals surface area contributed by atoms with E-state index in [9.17, 15) is 4.79 Å². The first-order valence-electron chi connectivity index (χ1n) is 8.07. The number of carbonyl (C=O) groups is 1. The van der Waals surface area contributed by atoms with E-state index in [1.54, 1.807) is 7.11 Å². The van der Waals surface area contributed by atoms with Crippen LogP contribution in [0.5, 0.6) is 5.75 Å². The number of methoxy groups -OCH3 is 1. The predicted octanol–water partition coefficient (Wildman–Crippen LogP) is 4.64. The number of anilines is 1. The van der Waals surface area contributed by atoms with Gasteiger partial charge >= 0.3 is 0 Å². The molecule has 26 heavy (non-hydrogen) atoms. The lowest BCUT2D eigenvalue weighted by Gasteiger charge is -2.10. The van der Waals surface area contributed by atoms with Gasteiger partial charge in [0, 0.05) is 10.5 Å². The summed E-state index contributed by atoms with van der Waals surface area (Å²) in [5, 5.41) is 12.1. The molecule has 0 unspecified atom stereocenters. The summed E-state index contributed by atoms with van der Waals surface area (Å²) in [6.45, 7) is 3.92. The quantitative estimate of drug-likeness (QED) is 0.626. The molecule has 0 saturated heterocycles. The minimum absolute atomic E-state index is 0.0898. The zero-order chi connectivity index (χ0) is 18.5. The predicted molar refractivity (Wildman–Crippen MR) is 107 cm³/mol. The summed E-state index contributed by atoms with van der Waals surface area (Å²) in [6, 6.07) is 15.7. The molecule has 7 heteroatoms. The lowest BCUT2D eigenvalue weighted by atomic mass is 10.2. The smallest absolute Gasteiger partial charge is 0.239 e. The van der Waals surface area contributed by atoms with E-state index in [2.05, 4.69) is 15.5 Å². The SMILES string of the molecule is COc1ccc(-c2nnc(NC(=O)[C@H](C)Sc3ccc(C)cc3)s2)cc1. The van der Waals surface area contributed by atoms with E-state index >= 15 is 0 Å². The van der Waals surface area contributed by atoms with Crippen molar-refractivity contribution in [1.29, 1.82) is 0 Å². The highest BCUT2D eigenvalue weighted by molar-refractivity contribution is 8.00. The number of nitrogens with one attached hydrogen (secondary N) is 1. The van der Waals surface area contributed by atoms with Gasteiger partial charge in [-0.05, 0) is 50.2 Å². The summed E-state index contributed by atoms with van der Waals surface area (Å²) in [5.74, 6) is 0.696. The van der Waals surface area contributed by atoms with Crippen LogP contribution in [0.4, 0.5) is 5.13 Å². The fraction of sp³-hybridized carbons (Fsp3) is 0.211. The second kappa shape index (κ2) is 8.33. The fourth-order valence-corrected chi connectivity index (χ4v) is 3.82. The Kier molecular flexibility index (Phi) is 5.90. The highest BCUT2D eigenvalue weighted by atomic mass is 32.2. The van der Waals surface area contributed by atoms with E-state index in [4.69, 9.17) is 4.74 Å². The van der Waals surface area contributed by atoms with Crippen LogP contribution in [0.2, 0.25) is 0 Å². The van der Waals surface area contributed by atoms with Crippen LogP contribution in [0.3, 0.4) is 0 Å². The van der Waals surface area contributed by atoms with Gasteiger partial charge in [-0.1, -0.05) is 29.0 Å². The Balaban J connectivity index is 1.62. The Morgan fingerprint density at radius 1 is 1.12 bits per heavy atom. The number of aromatic nitrogens is 2. The molecule has 0 spiro atoms. The molecule has 3 rings (SSSR count). The molecule has 134 valence electrons. The van der Waals surface area contributed by atoms with Crippen molar-refractivity contribution < 1.29 is 9.53 Å². The molecule has 3 aromatic rings. The van der Waals surface area contributed by atoms with Gasteiger partial charge < -0.3 is 4.74 Å². The molecule has 1 N–H and O–H groups in total. The number of ether oxygens (including phenoxy) is 1. The molecule has 1 atom stereocenters. The van der Waals surface area contributed by atoms with Gasteiger partial charge in [-0.3, -0.25) is 10.1 Å². The van der Waals surface area contributed by atoms with Crippen molar-refractivity contribution in [2.24, 2.45) is 0 Å². The van der Waals surface area contributed by atoms with Crippen LogP contribution in [-0.4, -0.2) is 28.5 Å². The van der Waals surface area contributed by atoms with E-state index in [1.807, 2.05) is 62.4 Å². The molecule has 2 aromatic carbocycles. The van der Waals surface area contributed by atoms with E-state index < -0.39 is 0 Å². The number of amides is 1. The maximum Gasteiger partial charge on any atom is 0.239 e. The fourth-order valence-electron chi connectivity index (χ4n) is 2.21. The molecule has 0 bridgehead atoms. The van der Waals surface area contributed by atoms with Crippen molar-refractivity contribution in [2.45, 2.75) is 24.0 Å². The third-order valence-corrected chi connectivity index (χ3v) is 5.69. The minimum atomic E-state index is -0.231. The number of carbonyl (C=O) groups excluding carboxylic acids is 1. The maximum absolute atomic E-state index is 12.4. The summed E-state index contributed by atoms with van der Waals surface area (Å²) in [7, 11) is 1.63. The van der Waals surface area contributed by atoms with Gasteiger partial charge in [-0.25, -0.2) is 0 Å². The number of rotatable bonds is 6. The van der Waals surface area contributed by atoms with Gasteiger partial charge in [0.05, 0.1) is 12.4 Å². The molecule has 0 fully saturated rings. The summed E-state index contributed by atoms with van der Waals surface area (Å²) < 4.78 is 5.15. The van der Waals surface area contributed by atoms with Gasteiger partial charge in [-0.15, -0.1) is 22.0 Å². The third-order valence-electron chi connectivity index (χ3n) is 3.70. The van der Waals surface area contributed by atoms with Crippen molar-refractivity contribution in [1.82, 2.24) is 10.2 Å². The Labute approximate surface area is 160 Å². The van der Waals surface area contributed by atoms with Gasteiger partial charge in [-0.2, -0.15) is 0 Å². The summed E-state index contributed by atoms with van der Waals surface area (Å²) in [6.07, 6.45) is 0. The molecule has 1 amide bonds. The Bertz CT molecular complexity index is 877. The number of benzene rings is 2. The van der Waals surface area contributed by atoms with Crippen LogP contribution in [0.1, 0.15) is 12.5 Å². The lowest BCUT2D eigenvalue weighted by molar-refractivity contribution is -0.115. The van der Waals surface area contributed by atoms with Gasteiger partial charge in [0.25, 0.3) is 0 Å². The number of hydrogen-bond donors (Lipinski definition) is 1. The van der Waals surface area contributed by atoms with Gasteiger partial charge in [0.15, 0.2) is 0 Å². The molecule has 0 aliphatic heterocycles. The van der Waals surface area contributed by atoms with Crippen LogP contribution < -0.4 is 10.1 Å². The van der Waals surface area contributed by atoms with E-state index in [1.165, 1.54) is 28.7 Å². The topological polar surface area (TPSA) is 64.1 Å². The second-order valence-corrected chi connectivity index (χ2v) is 8.09. The Hall–Kier alpha value is -2.38. The largest absolute Gasteiger partial charge is 0.497 e. The van der Waals surface area contributed by atoms with E-state index in [-0.39, 0.29) is 11.2 Å². The zero-order valence-corrected chi connectivity index (χ0v) is 16.4. The van der Waals surface area contributed by atoms with Crippen molar-refractivity contribution in [3.8, 4) is 16.3 Å². The molecule has 0 saturated carbocycles. The van der Waals surface area contributed by atoms with E-state index in [0.717, 1.165) is 21.2 Å². The molecule has 1 heterocycles. The molecule has 0 aliphatic rings. The van der Waals surface area contributed by atoms with Crippen molar-refractivity contribution >= 4 is 34.1 Å². The van der Waals surface area contributed by atoms with Crippen LogP contribution in [0.15, 0.2) is 53.4 Å². The summed E-state index contributed by atoms with van der Waals surface area (Å²) in [5.41, 5.74) is 2.14. The highest BCUT2D eigenvalue weighted by Gasteiger charge is 2.17. The third kappa shape index (κ3) is 4.62. The number of thioether (sulfide) groups is 1. The first-order chi connectivity index (χ1) is 12.5. The highest BCUT2D eigenvalue weighted by Crippen LogP contribution is 2.29. The molecular weight excluding hydrogens is 366 g/mol. The number of aryl methyl sites for hydroxylation is 1. The number of hydrogen-bond acceptors (Lipinski definition) is 6. The molecule has 1 aromatic heterocycles.